The van der Waals surface area contributed by atoms with Crippen molar-refractivity contribution < 1.29 is 14.3 Å². The molecule has 0 bridgehead atoms. The van der Waals surface area contributed by atoms with E-state index in [0.717, 1.165) is 18.9 Å². The highest BCUT2D eigenvalue weighted by molar-refractivity contribution is 5.92. The maximum Gasteiger partial charge on any atom is 0.262 e. The first-order valence-electron chi connectivity index (χ1n) is 7.94. The van der Waals surface area contributed by atoms with Gasteiger partial charge in [-0.1, -0.05) is 12.1 Å². The van der Waals surface area contributed by atoms with Gasteiger partial charge in [0.1, 0.15) is 11.6 Å². The number of aromatic nitrogens is 1. The summed E-state index contributed by atoms with van der Waals surface area (Å²) in [6.07, 6.45) is 4.73. The number of anilines is 2. The van der Waals surface area contributed by atoms with Crippen LogP contribution in [0.3, 0.4) is 0 Å². The first-order chi connectivity index (χ1) is 11.8. The van der Waals surface area contributed by atoms with Crippen molar-refractivity contribution in [1.29, 1.82) is 0 Å². The Labute approximate surface area is 140 Å². The van der Waals surface area contributed by atoms with Crippen LogP contribution < -0.4 is 15.0 Å². The van der Waals surface area contributed by atoms with E-state index >= 15 is 0 Å². The summed E-state index contributed by atoms with van der Waals surface area (Å²) in [6, 6.07) is 10.5. The molecule has 24 heavy (non-hydrogen) atoms. The molecule has 1 aliphatic rings. The minimum atomic E-state index is -0.300. The summed E-state index contributed by atoms with van der Waals surface area (Å²) in [5.74, 6) is 1.03. The number of hydrogen-bond acceptors (Lipinski definition) is 5. The highest BCUT2D eigenvalue weighted by Gasteiger charge is 2.13. The molecule has 124 valence electrons. The summed E-state index contributed by atoms with van der Waals surface area (Å²) < 4.78 is 5.40. The molecular formula is C18H19N3O3. The normalized spacial score (nSPS) is 13.6. The van der Waals surface area contributed by atoms with Gasteiger partial charge < -0.3 is 15.0 Å². The number of rotatable bonds is 6. The van der Waals surface area contributed by atoms with Gasteiger partial charge in [-0.15, -0.1) is 0 Å². The molecule has 0 atom stereocenters. The lowest BCUT2D eigenvalue weighted by Crippen LogP contribution is -2.21. The fourth-order valence-corrected chi connectivity index (χ4v) is 2.64. The molecule has 0 unspecified atom stereocenters. The van der Waals surface area contributed by atoms with E-state index in [9.17, 15) is 9.59 Å². The van der Waals surface area contributed by atoms with Gasteiger partial charge in [-0.25, -0.2) is 4.98 Å². The molecule has 1 N–H and O–H groups in total. The van der Waals surface area contributed by atoms with Gasteiger partial charge in [-0.2, -0.15) is 0 Å². The average molecular weight is 325 g/mol. The average Bonchev–Trinajstić information content (AvgIpc) is 3.15. The number of nitrogens with zero attached hydrogens (tertiary/aromatic N) is 2. The van der Waals surface area contributed by atoms with E-state index in [2.05, 4.69) is 15.2 Å². The van der Waals surface area contributed by atoms with Crippen LogP contribution in [-0.2, 0) is 4.79 Å². The van der Waals surface area contributed by atoms with Crippen LogP contribution in [0, 0.1) is 0 Å². The Balaban J connectivity index is 1.53. The number of hydrogen-bond donors (Lipinski definition) is 1. The highest BCUT2D eigenvalue weighted by atomic mass is 16.5. The summed E-state index contributed by atoms with van der Waals surface area (Å²) in [5, 5.41) is 2.73. The van der Waals surface area contributed by atoms with E-state index in [1.807, 2.05) is 12.1 Å². The maximum absolute atomic E-state index is 12.0. The van der Waals surface area contributed by atoms with Crippen LogP contribution in [0.5, 0.6) is 5.75 Å². The summed E-state index contributed by atoms with van der Waals surface area (Å²) in [5.41, 5.74) is 1.04. The number of carbonyl (C=O) groups is 2. The smallest absolute Gasteiger partial charge is 0.262 e. The summed E-state index contributed by atoms with van der Waals surface area (Å²) in [6.45, 7) is 1.89. The van der Waals surface area contributed by atoms with Crippen molar-refractivity contribution in [1.82, 2.24) is 4.98 Å². The zero-order valence-electron chi connectivity index (χ0n) is 13.3. The molecular weight excluding hydrogens is 306 g/mol. The predicted octanol–water partition coefficient (Wildman–Crippen LogP) is 2.51. The number of pyridine rings is 1. The van der Waals surface area contributed by atoms with E-state index in [1.54, 1.807) is 30.5 Å². The fourth-order valence-electron chi connectivity index (χ4n) is 2.64. The molecule has 2 aromatic rings. The van der Waals surface area contributed by atoms with Crippen molar-refractivity contribution in [2.24, 2.45) is 0 Å². The lowest BCUT2D eigenvalue weighted by Gasteiger charge is -2.16. The topological polar surface area (TPSA) is 71.5 Å². The second-order valence-corrected chi connectivity index (χ2v) is 5.59. The van der Waals surface area contributed by atoms with E-state index in [0.29, 0.717) is 23.3 Å². The Morgan fingerprint density at radius 2 is 2.00 bits per heavy atom. The molecule has 0 spiro atoms. The second-order valence-electron chi connectivity index (χ2n) is 5.59. The summed E-state index contributed by atoms with van der Waals surface area (Å²) in [7, 11) is 0. The number of nitrogens with one attached hydrogen (secondary N) is 1. The standard InChI is InChI=1S/C18H19N3O3/c22-12-14-5-1-2-6-16(14)24-13-18(23)20-15-7-8-17(19-11-15)21-9-3-4-10-21/h1-2,5-8,11-12H,3-4,9-10,13H2,(H,20,23). The van der Waals surface area contributed by atoms with Crippen LogP contribution in [0.1, 0.15) is 23.2 Å². The molecule has 2 heterocycles. The van der Waals surface area contributed by atoms with Crippen molar-refractivity contribution in [2.75, 3.05) is 29.9 Å². The lowest BCUT2D eigenvalue weighted by molar-refractivity contribution is -0.118. The third kappa shape index (κ3) is 3.90. The van der Waals surface area contributed by atoms with Crippen LogP contribution in [0.2, 0.25) is 0 Å². The summed E-state index contributed by atoms with van der Waals surface area (Å²) >= 11 is 0. The molecule has 0 radical (unpaired) electrons. The third-order valence-electron chi connectivity index (χ3n) is 3.87. The van der Waals surface area contributed by atoms with Crippen molar-refractivity contribution in [3.63, 3.8) is 0 Å². The van der Waals surface area contributed by atoms with Gasteiger partial charge in [0.05, 0.1) is 17.4 Å². The van der Waals surface area contributed by atoms with Crippen molar-refractivity contribution in [2.45, 2.75) is 12.8 Å². The minimum absolute atomic E-state index is 0.168. The molecule has 1 saturated heterocycles. The van der Waals surface area contributed by atoms with Gasteiger partial charge >= 0.3 is 0 Å². The Morgan fingerprint density at radius 1 is 1.21 bits per heavy atom. The number of carbonyl (C=O) groups excluding carboxylic acids is 2. The van der Waals surface area contributed by atoms with Gasteiger partial charge in [0.25, 0.3) is 5.91 Å². The Bertz CT molecular complexity index is 710. The number of amides is 1. The maximum atomic E-state index is 12.0. The molecule has 1 aromatic carbocycles. The molecule has 1 amide bonds. The van der Waals surface area contributed by atoms with Crippen LogP contribution >= 0.6 is 0 Å². The van der Waals surface area contributed by atoms with E-state index in [4.69, 9.17) is 4.74 Å². The largest absolute Gasteiger partial charge is 0.483 e. The molecule has 6 heteroatoms. The quantitative estimate of drug-likeness (QED) is 0.826. The van der Waals surface area contributed by atoms with Gasteiger partial charge in [0.15, 0.2) is 12.9 Å². The number of benzene rings is 1. The van der Waals surface area contributed by atoms with Gasteiger partial charge in [0, 0.05) is 13.1 Å². The lowest BCUT2D eigenvalue weighted by atomic mass is 10.2. The van der Waals surface area contributed by atoms with Crippen LogP contribution in [0.15, 0.2) is 42.6 Å². The Hall–Kier alpha value is -2.89. The Morgan fingerprint density at radius 3 is 2.71 bits per heavy atom. The number of ether oxygens (including phenoxy) is 1. The first kappa shape index (κ1) is 16.0. The second kappa shape index (κ2) is 7.59. The molecule has 3 rings (SSSR count). The van der Waals surface area contributed by atoms with E-state index in [-0.39, 0.29) is 12.5 Å². The minimum Gasteiger partial charge on any atom is -0.483 e. The SMILES string of the molecule is O=Cc1ccccc1OCC(=O)Nc1ccc(N2CCCC2)nc1. The molecule has 0 aliphatic carbocycles. The predicted molar refractivity (Wildman–Crippen MR) is 91.6 cm³/mol. The molecule has 1 fully saturated rings. The van der Waals surface area contributed by atoms with Crippen LogP contribution in [-0.4, -0.2) is 36.9 Å². The van der Waals surface area contributed by atoms with Gasteiger partial charge in [0.2, 0.25) is 0 Å². The zero-order valence-corrected chi connectivity index (χ0v) is 13.3. The van der Waals surface area contributed by atoms with Crippen molar-refractivity contribution >= 4 is 23.7 Å². The van der Waals surface area contributed by atoms with Crippen LogP contribution in [0.25, 0.3) is 0 Å². The molecule has 1 aliphatic heterocycles. The van der Waals surface area contributed by atoms with Crippen molar-refractivity contribution in [3.05, 3.63) is 48.2 Å². The Kier molecular flexibility index (Phi) is 5.05. The van der Waals surface area contributed by atoms with E-state index < -0.39 is 0 Å². The summed E-state index contributed by atoms with van der Waals surface area (Å²) in [4.78, 5) is 29.5. The monoisotopic (exact) mass is 325 g/mol. The number of para-hydroxylation sites is 1. The fraction of sp³-hybridized carbons (Fsp3) is 0.278. The first-order valence-corrected chi connectivity index (χ1v) is 7.94. The van der Waals surface area contributed by atoms with Gasteiger partial charge in [-0.05, 0) is 37.1 Å². The zero-order chi connectivity index (χ0) is 16.8. The molecule has 0 saturated carbocycles. The highest BCUT2D eigenvalue weighted by Crippen LogP contribution is 2.19. The third-order valence-corrected chi connectivity index (χ3v) is 3.87. The van der Waals surface area contributed by atoms with Crippen molar-refractivity contribution in [3.8, 4) is 5.75 Å². The van der Waals surface area contributed by atoms with Crippen LogP contribution in [0.4, 0.5) is 11.5 Å². The van der Waals surface area contributed by atoms with E-state index in [1.165, 1.54) is 12.8 Å². The van der Waals surface area contributed by atoms with Gasteiger partial charge in [-0.3, -0.25) is 9.59 Å². The number of aldehydes is 1. The molecule has 1 aromatic heterocycles. The molecule has 6 nitrogen and oxygen atoms in total.